The summed E-state index contributed by atoms with van der Waals surface area (Å²) >= 11 is 0. The average Bonchev–Trinajstić information content (AvgIpc) is 2.32. The summed E-state index contributed by atoms with van der Waals surface area (Å²) in [6.45, 7) is 1.44. The first-order valence-electron chi connectivity index (χ1n) is 5.46. The molecule has 17 heavy (non-hydrogen) atoms. The van der Waals surface area contributed by atoms with Crippen molar-refractivity contribution in [3.8, 4) is 0 Å². The van der Waals surface area contributed by atoms with Crippen LogP contribution < -0.4 is 0 Å². The molecular weight excluding hydrogens is 225 g/mol. The van der Waals surface area contributed by atoms with Crippen LogP contribution in [0.1, 0.15) is 5.56 Å². The van der Waals surface area contributed by atoms with Gasteiger partial charge in [-0.05, 0) is 6.07 Å². The van der Waals surface area contributed by atoms with Gasteiger partial charge in [-0.25, -0.2) is 4.39 Å². The Balaban J connectivity index is 2.11. The molecule has 0 spiro atoms. The number of carbonyl (C=O) groups is 1. The molecule has 1 aliphatic heterocycles. The van der Waals surface area contributed by atoms with Crippen LogP contribution in [-0.2, 0) is 16.1 Å². The fourth-order valence-corrected chi connectivity index (χ4v) is 1.90. The van der Waals surface area contributed by atoms with Gasteiger partial charge in [0.05, 0.1) is 13.2 Å². The Morgan fingerprint density at radius 2 is 2.29 bits per heavy atom. The molecule has 1 unspecified atom stereocenters. The number of morpholine rings is 1. The Morgan fingerprint density at radius 3 is 3.00 bits per heavy atom. The largest absolute Gasteiger partial charge is 0.480 e. The van der Waals surface area contributed by atoms with Crippen LogP contribution in [0.25, 0.3) is 0 Å². The number of halogens is 1. The second-order valence-corrected chi connectivity index (χ2v) is 3.99. The van der Waals surface area contributed by atoms with Gasteiger partial charge in [0.15, 0.2) is 0 Å². The van der Waals surface area contributed by atoms with E-state index in [4.69, 9.17) is 9.84 Å². The van der Waals surface area contributed by atoms with Crippen LogP contribution in [0, 0.1) is 5.82 Å². The monoisotopic (exact) mass is 239 g/mol. The number of hydrogen-bond donors (Lipinski definition) is 1. The Bertz CT molecular complexity index is 410. The number of benzene rings is 1. The molecule has 1 heterocycles. The van der Waals surface area contributed by atoms with Crippen molar-refractivity contribution in [1.82, 2.24) is 4.90 Å². The molecule has 1 N–H and O–H groups in total. The van der Waals surface area contributed by atoms with Crippen LogP contribution in [-0.4, -0.2) is 41.8 Å². The summed E-state index contributed by atoms with van der Waals surface area (Å²) < 4.78 is 18.6. The van der Waals surface area contributed by atoms with Gasteiger partial charge in [-0.3, -0.25) is 9.69 Å². The molecular formula is C12H14FNO3. The minimum atomic E-state index is -0.930. The zero-order chi connectivity index (χ0) is 12.3. The van der Waals surface area contributed by atoms with Crippen molar-refractivity contribution in [2.75, 3.05) is 19.8 Å². The maximum atomic E-state index is 13.5. The Kier molecular flexibility index (Phi) is 3.71. The highest BCUT2D eigenvalue weighted by molar-refractivity contribution is 5.73. The van der Waals surface area contributed by atoms with Crippen LogP contribution in [0.4, 0.5) is 4.39 Å². The molecule has 0 bridgehead atoms. The van der Waals surface area contributed by atoms with Crippen LogP contribution in [0.15, 0.2) is 24.3 Å². The molecule has 1 aliphatic rings. The summed E-state index contributed by atoms with van der Waals surface area (Å²) in [5.41, 5.74) is 0.514. The lowest BCUT2D eigenvalue weighted by Gasteiger charge is -2.32. The van der Waals surface area contributed by atoms with E-state index >= 15 is 0 Å². The molecule has 1 aromatic rings. The lowest BCUT2D eigenvalue weighted by Crippen LogP contribution is -2.49. The molecule has 1 fully saturated rings. The highest BCUT2D eigenvalue weighted by Gasteiger charge is 2.29. The third-order valence-electron chi connectivity index (χ3n) is 2.86. The first-order chi connectivity index (χ1) is 8.18. The minimum Gasteiger partial charge on any atom is -0.480 e. The fourth-order valence-electron chi connectivity index (χ4n) is 1.90. The van der Waals surface area contributed by atoms with Gasteiger partial charge in [-0.2, -0.15) is 0 Å². The zero-order valence-electron chi connectivity index (χ0n) is 9.30. The normalized spacial score (nSPS) is 21.4. The molecule has 0 aromatic heterocycles. The lowest BCUT2D eigenvalue weighted by atomic mass is 10.1. The highest BCUT2D eigenvalue weighted by atomic mass is 19.1. The molecule has 1 saturated heterocycles. The molecule has 0 amide bonds. The van der Waals surface area contributed by atoms with Crippen molar-refractivity contribution in [3.63, 3.8) is 0 Å². The third kappa shape index (κ3) is 2.81. The first kappa shape index (κ1) is 12.0. The molecule has 92 valence electrons. The lowest BCUT2D eigenvalue weighted by molar-refractivity contribution is -0.150. The third-order valence-corrected chi connectivity index (χ3v) is 2.86. The predicted octanol–water partition coefficient (Wildman–Crippen LogP) is 1.11. The van der Waals surface area contributed by atoms with Gasteiger partial charge in [0.2, 0.25) is 0 Å². The zero-order valence-corrected chi connectivity index (χ0v) is 9.30. The van der Waals surface area contributed by atoms with Gasteiger partial charge in [0.25, 0.3) is 0 Å². The van der Waals surface area contributed by atoms with Crippen molar-refractivity contribution in [2.45, 2.75) is 12.6 Å². The number of nitrogens with zero attached hydrogens (tertiary/aromatic N) is 1. The molecule has 2 rings (SSSR count). The molecule has 5 heteroatoms. The summed E-state index contributed by atoms with van der Waals surface area (Å²) in [6, 6.07) is 5.72. The molecule has 1 atom stereocenters. The fraction of sp³-hybridized carbons (Fsp3) is 0.417. The minimum absolute atomic E-state index is 0.157. The predicted molar refractivity (Wildman–Crippen MR) is 59.1 cm³/mol. The summed E-state index contributed by atoms with van der Waals surface area (Å²) in [4.78, 5) is 12.8. The van der Waals surface area contributed by atoms with E-state index in [2.05, 4.69) is 0 Å². The van der Waals surface area contributed by atoms with Crippen molar-refractivity contribution in [1.29, 1.82) is 0 Å². The van der Waals surface area contributed by atoms with Crippen LogP contribution in [0.3, 0.4) is 0 Å². The van der Waals surface area contributed by atoms with Gasteiger partial charge in [-0.15, -0.1) is 0 Å². The van der Waals surface area contributed by atoms with Crippen LogP contribution >= 0.6 is 0 Å². The smallest absolute Gasteiger partial charge is 0.323 e. The maximum Gasteiger partial charge on any atom is 0.323 e. The Morgan fingerprint density at radius 1 is 1.53 bits per heavy atom. The second kappa shape index (κ2) is 5.25. The van der Waals surface area contributed by atoms with E-state index in [1.165, 1.54) is 6.07 Å². The summed E-state index contributed by atoms with van der Waals surface area (Å²) in [5, 5.41) is 9.04. The van der Waals surface area contributed by atoms with Crippen molar-refractivity contribution >= 4 is 5.97 Å². The average molecular weight is 239 g/mol. The van der Waals surface area contributed by atoms with Crippen LogP contribution in [0.2, 0.25) is 0 Å². The number of hydrogen-bond acceptors (Lipinski definition) is 3. The first-order valence-corrected chi connectivity index (χ1v) is 5.46. The van der Waals surface area contributed by atoms with E-state index in [1.807, 2.05) is 0 Å². The summed E-state index contributed by atoms with van der Waals surface area (Å²) in [6.07, 6.45) is 0. The van der Waals surface area contributed by atoms with E-state index < -0.39 is 12.0 Å². The van der Waals surface area contributed by atoms with Gasteiger partial charge >= 0.3 is 5.97 Å². The SMILES string of the molecule is O=C(O)C1COCCN1Cc1ccccc1F. The molecule has 0 aliphatic carbocycles. The van der Waals surface area contributed by atoms with E-state index in [0.29, 0.717) is 25.3 Å². The van der Waals surface area contributed by atoms with E-state index in [0.717, 1.165) is 0 Å². The standard InChI is InChI=1S/C12H14FNO3/c13-10-4-2-1-3-9(10)7-14-5-6-17-8-11(14)12(15)16/h1-4,11H,5-8H2,(H,15,16). The number of aliphatic carboxylic acids is 1. The topological polar surface area (TPSA) is 49.8 Å². The molecule has 0 radical (unpaired) electrons. The Hall–Kier alpha value is -1.46. The summed E-state index contributed by atoms with van der Waals surface area (Å²) in [5.74, 6) is -1.23. The van der Waals surface area contributed by atoms with Crippen molar-refractivity contribution in [3.05, 3.63) is 35.6 Å². The van der Waals surface area contributed by atoms with E-state index in [9.17, 15) is 9.18 Å². The molecule has 4 nitrogen and oxygen atoms in total. The molecule has 0 saturated carbocycles. The second-order valence-electron chi connectivity index (χ2n) is 3.99. The number of carboxylic acids is 1. The number of carboxylic acid groups (broad SMARTS) is 1. The van der Waals surface area contributed by atoms with E-state index in [1.54, 1.807) is 23.1 Å². The van der Waals surface area contributed by atoms with Crippen molar-refractivity contribution in [2.24, 2.45) is 0 Å². The van der Waals surface area contributed by atoms with Gasteiger partial charge < -0.3 is 9.84 Å². The highest BCUT2D eigenvalue weighted by Crippen LogP contribution is 2.15. The number of rotatable bonds is 3. The maximum absolute atomic E-state index is 13.5. The van der Waals surface area contributed by atoms with Gasteiger partial charge in [-0.1, -0.05) is 18.2 Å². The van der Waals surface area contributed by atoms with Gasteiger partial charge in [0, 0.05) is 18.7 Å². The van der Waals surface area contributed by atoms with Gasteiger partial charge in [0.1, 0.15) is 11.9 Å². The molecule has 1 aromatic carbocycles. The number of ether oxygens (including phenoxy) is 1. The summed E-state index contributed by atoms with van der Waals surface area (Å²) in [7, 11) is 0. The Labute approximate surface area is 98.6 Å². The quantitative estimate of drug-likeness (QED) is 0.858. The van der Waals surface area contributed by atoms with E-state index in [-0.39, 0.29) is 12.4 Å². The van der Waals surface area contributed by atoms with Crippen molar-refractivity contribution < 1.29 is 19.0 Å². The van der Waals surface area contributed by atoms with Crippen LogP contribution in [0.5, 0.6) is 0 Å².